The fourth-order valence-electron chi connectivity index (χ4n) is 3.84. The molecule has 0 aliphatic heterocycles. The second-order valence-corrected chi connectivity index (χ2v) is 8.65. The molecule has 33 heavy (non-hydrogen) atoms. The highest BCUT2D eigenvalue weighted by atomic mass is 35.5. The standard InChI is InChI=1S/C27H29ClN2O3/c1-6-30(25-14-17(3)24(28)13-18(25)4)22-9-7-8-20(15-22)21-10-11-23(16(2)12-21)26(31)29-19(5)27(32)33/h7-15,19H,6H2,1-5H3,(H,29,31)(H,32,33)/t19-/m0/s1. The third kappa shape index (κ3) is 5.37. The minimum atomic E-state index is -1.07. The number of rotatable bonds is 7. The molecule has 5 nitrogen and oxygen atoms in total. The van der Waals surface area contributed by atoms with Gasteiger partial charge in [-0.25, -0.2) is 0 Å². The Labute approximate surface area is 200 Å². The Morgan fingerprint density at radius 3 is 2.30 bits per heavy atom. The second kappa shape index (κ2) is 10.1. The van der Waals surface area contributed by atoms with Crippen LogP contribution in [0.4, 0.5) is 11.4 Å². The molecule has 0 saturated heterocycles. The van der Waals surface area contributed by atoms with E-state index < -0.39 is 17.9 Å². The van der Waals surface area contributed by atoms with Crippen LogP contribution in [0.15, 0.2) is 54.6 Å². The van der Waals surface area contributed by atoms with Gasteiger partial charge in [0.1, 0.15) is 6.04 Å². The van der Waals surface area contributed by atoms with Gasteiger partial charge in [-0.05, 0) is 92.8 Å². The molecule has 1 atom stereocenters. The van der Waals surface area contributed by atoms with E-state index in [0.29, 0.717) is 5.56 Å². The maximum atomic E-state index is 12.5. The second-order valence-electron chi connectivity index (χ2n) is 8.25. The van der Waals surface area contributed by atoms with E-state index in [-0.39, 0.29) is 0 Å². The number of halogens is 1. The molecule has 172 valence electrons. The van der Waals surface area contributed by atoms with Gasteiger partial charge in [0.25, 0.3) is 5.91 Å². The van der Waals surface area contributed by atoms with Crippen LogP contribution in [0.25, 0.3) is 11.1 Å². The van der Waals surface area contributed by atoms with Crippen molar-refractivity contribution in [2.24, 2.45) is 0 Å². The van der Waals surface area contributed by atoms with Crippen molar-refractivity contribution >= 4 is 34.9 Å². The molecule has 0 aliphatic carbocycles. The van der Waals surface area contributed by atoms with Gasteiger partial charge >= 0.3 is 5.97 Å². The van der Waals surface area contributed by atoms with Gasteiger partial charge < -0.3 is 15.3 Å². The number of carbonyl (C=O) groups excluding carboxylic acids is 1. The van der Waals surface area contributed by atoms with E-state index in [9.17, 15) is 9.59 Å². The molecule has 0 bridgehead atoms. The Hall–Kier alpha value is -3.31. The van der Waals surface area contributed by atoms with Crippen molar-refractivity contribution in [3.8, 4) is 11.1 Å². The van der Waals surface area contributed by atoms with Crippen LogP contribution in [0.2, 0.25) is 5.02 Å². The van der Waals surface area contributed by atoms with Gasteiger partial charge in [-0.15, -0.1) is 0 Å². The lowest BCUT2D eigenvalue weighted by atomic mass is 9.98. The predicted octanol–water partition coefficient (Wildman–Crippen LogP) is 6.29. The van der Waals surface area contributed by atoms with Crippen molar-refractivity contribution < 1.29 is 14.7 Å². The van der Waals surface area contributed by atoms with Crippen LogP contribution >= 0.6 is 11.6 Å². The van der Waals surface area contributed by atoms with Crippen molar-refractivity contribution in [2.75, 3.05) is 11.4 Å². The Morgan fingerprint density at radius 1 is 0.970 bits per heavy atom. The highest BCUT2D eigenvalue weighted by Gasteiger charge is 2.17. The number of benzene rings is 3. The summed E-state index contributed by atoms with van der Waals surface area (Å²) in [4.78, 5) is 25.7. The summed E-state index contributed by atoms with van der Waals surface area (Å²) in [5, 5.41) is 12.3. The molecule has 0 saturated carbocycles. The largest absolute Gasteiger partial charge is 0.480 e. The zero-order chi connectivity index (χ0) is 24.3. The summed E-state index contributed by atoms with van der Waals surface area (Å²) in [5.74, 6) is -1.46. The molecule has 3 rings (SSSR count). The van der Waals surface area contributed by atoms with Gasteiger partial charge in [-0.3, -0.25) is 9.59 Å². The average molecular weight is 465 g/mol. The van der Waals surface area contributed by atoms with Crippen molar-refractivity contribution in [3.05, 3.63) is 81.9 Å². The number of nitrogens with zero attached hydrogens (tertiary/aromatic N) is 1. The normalized spacial score (nSPS) is 11.7. The summed E-state index contributed by atoms with van der Waals surface area (Å²) in [6, 6.07) is 17.0. The van der Waals surface area contributed by atoms with Crippen LogP contribution in [-0.2, 0) is 4.79 Å². The minimum Gasteiger partial charge on any atom is -0.480 e. The number of nitrogens with one attached hydrogen (secondary N) is 1. The number of anilines is 2. The molecule has 0 unspecified atom stereocenters. The summed E-state index contributed by atoms with van der Waals surface area (Å²) in [5.41, 5.74) is 7.59. The Balaban J connectivity index is 1.93. The minimum absolute atomic E-state index is 0.395. The van der Waals surface area contributed by atoms with Crippen LogP contribution in [0, 0.1) is 20.8 Å². The maximum absolute atomic E-state index is 12.5. The number of carboxylic acids is 1. The first-order chi connectivity index (χ1) is 15.6. The summed E-state index contributed by atoms with van der Waals surface area (Å²) in [6.45, 7) is 10.3. The zero-order valence-electron chi connectivity index (χ0n) is 19.6. The monoisotopic (exact) mass is 464 g/mol. The van der Waals surface area contributed by atoms with Crippen LogP contribution in [-0.4, -0.2) is 29.6 Å². The lowest BCUT2D eigenvalue weighted by Gasteiger charge is -2.26. The molecule has 0 fully saturated rings. The van der Waals surface area contributed by atoms with Gasteiger partial charge in [-0.1, -0.05) is 35.9 Å². The van der Waals surface area contributed by atoms with Crippen molar-refractivity contribution in [1.29, 1.82) is 0 Å². The van der Waals surface area contributed by atoms with E-state index in [4.69, 9.17) is 16.7 Å². The van der Waals surface area contributed by atoms with E-state index in [2.05, 4.69) is 42.3 Å². The van der Waals surface area contributed by atoms with E-state index >= 15 is 0 Å². The van der Waals surface area contributed by atoms with Gasteiger partial charge in [0.05, 0.1) is 0 Å². The van der Waals surface area contributed by atoms with Crippen molar-refractivity contribution in [2.45, 2.75) is 40.7 Å². The number of aryl methyl sites for hydroxylation is 3. The summed E-state index contributed by atoms with van der Waals surface area (Å²) < 4.78 is 0. The number of hydrogen-bond donors (Lipinski definition) is 2. The molecule has 6 heteroatoms. The number of amides is 1. The van der Waals surface area contributed by atoms with E-state index in [1.165, 1.54) is 6.92 Å². The summed E-state index contributed by atoms with van der Waals surface area (Å²) in [7, 11) is 0. The van der Waals surface area contributed by atoms with E-state index in [1.54, 1.807) is 6.07 Å². The molecule has 3 aromatic carbocycles. The Kier molecular flexibility index (Phi) is 7.44. The maximum Gasteiger partial charge on any atom is 0.325 e. The molecule has 2 N–H and O–H groups in total. The number of aliphatic carboxylic acids is 1. The third-order valence-corrected chi connectivity index (χ3v) is 6.17. The Morgan fingerprint density at radius 2 is 1.67 bits per heavy atom. The van der Waals surface area contributed by atoms with Crippen LogP contribution < -0.4 is 10.2 Å². The van der Waals surface area contributed by atoms with Gasteiger partial charge in [0.2, 0.25) is 0 Å². The number of carboxylic acid groups (broad SMARTS) is 1. The molecule has 0 radical (unpaired) electrons. The number of carbonyl (C=O) groups is 2. The molecular weight excluding hydrogens is 436 g/mol. The first-order valence-corrected chi connectivity index (χ1v) is 11.3. The third-order valence-electron chi connectivity index (χ3n) is 5.76. The average Bonchev–Trinajstić information content (AvgIpc) is 2.77. The fraction of sp³-hybridized carbons (Fsp3) is 0.259. The highest BCUT2D eigenvalue weighted by molar-refractivity contribution is 6.31. The highest BCUT2D eigenvalue weighted by Crippen LogP contribution is 2.34. The molecule has 1 amide bonds. The van der Waals surface area contributed by atoms with Gasteiger partial charge in [-0.2, -0.15) is 0 Å². The predicted molar refractivity (Wildman–Crippen MR) is 135 cm³/mol. The van der Waals surface area contributed by atoms with Crippen molar-refractivity contribution in [3.63, 3.8) is 0 Å². The van der Waals surface area contributed by atoms with E-state index in [1.807, 2.05) is 44.2 Å². The van der Waals surface area contributed by atoms with E-state index in [0.717, 1.165) is 50.8 Å². The van der Waals surface area contributed by atoms with Gasteiger partial charge in [0.15, 0.2) is 0 Å². The lowest BCUT2D eigenvalue weighted by molar-refractivity contribution is -0.138. The first kappa shape index (κ1) is 24.3. The molecular formula is C27H29ClN2O3. The summed E-state index contributed by atoms with van der Waals surface area (Å²) in [6.07, 6.45) is 0. The molecule has 0 heterocycles. The molecule has 0 spiro atoms. The molecule has 0 aromatic heterocycles. The van der Waals surface area contributed by atoms with Crippen LogP contribution in [0.5, 0.6) is 0 Å². The quantitative estimate of drug-likeness (QED) is 0.431. The topological polar surface area (TPSA) is 69.6 Å². The van der Waals surface area contributed by atoms with Crippen LogP contribution in [0.1, 0.15) is 40.9 Å². The smallest absolute Gasteiger partial charge is 0.325 e. The zero-order valence-corrected chi connectivity index (χ0v) is 20.3. The Bertz CT molecular complexity index is 1210. The first-order valence-electron chi connectivity index (χ1n) is 10.9. The SMILES string of the molecule is CCN(c1cccc(-c2ccc(C(=O)N[C@@H](C)C(=O)O)c(C)c2)c1)c1cc(C)c(Cl)cc1C. The lowest BCUT2D eigenvalue weighted by Crippen LogP contribution is -2.38. The fourth-order valence-corrected chi connectivity index (χ4v) is 4.05. The summed E-state index contributed by atoms with van der Waals surface area (Å²) >= 11 is 6.30. The number of hydrogen-bond acceptors (Lipinski definition) is 3. The molecule has 3 aromatic rings. The molecule has 0 aliphatic rings. The van der Waals surface area contributed by atoms with Crippen molar-refractivity contribution in [1.82, 2.24) is 5.32 Å². The van der Waals surface area contributed by atoms with Crippen LogP contribution in [0.3, 0.4) is 0 Å². The van der Waals surface area contributed by atoms with Gasteiger partial charge in [0, 0.05) is 28.5 Å².